The summed E-state index contributed by atoms with van der Waals surface area (Å²) in [5.74, 6) is 1.35. The lowest BCUT2D eigenvalue weighted by Crippen LogP contribution is -2.04. The molecular formula is C12H22. The van der Waals surface area contributed by atoms with Crippen molar-refractivity contribution in [2.75, 3.05) is 0 Å². The van der Waals surface area contributed by atoms with Gasteiger partial charge in [0.2, 0.25) is 0 Å². The first kappa shape index (κ1) is 11.5. The summed E-state index contributed by atoms with van der Waals surface area (Å²) >= 11 is 0. The van der Waals surface area contributed by atoms with Crippen LogP contribution in [0.2, 0.25) is 0 Å². The van der Waals surface area contributed by atoms with Crippen molar-refractivity contribution in [3.8, 4) is 0 Å². The van der Waals surface area contributed by atoms with Crippen LogP contribution in [-0.4, -0.2) is 0 Å². The molecule has 0 aliphatic heterocycles. The van der Waals surface area contributed by atoms with Crippen LogP contribution in [0.25, 0.3) is 0 Å². The molecule has 0 aliphatic carbocycles. The number of hydrogen-bond acceptors (Lipinski definition) is 0. The number of hydrogen-bond donors (Lipinski definition) is 0. The van der Waals surface area contributed by atoms with E-state index >= 15 is 0 Å². The van der Waals surface area contributed by atoms with Gasteiger partial charge in [0.1, 0.15) is 0 Å². The molecule has 1 atom stereocenters. The Bertz CT molecular complexity index is 163. The Morgan fingerprint density at radius 2 is 1.67 bits per heavy atom. The van der Waals surface area contributed by atoms with Gasteiger partial charge in [0.15, 0.2) is 0 Å². The van der Waals surface area contributed by atoms with Crippen molar-refractivity contribution in [3.05, 3.63) is 24.3 Å². The minimum atomic E-state index is 0.595. The van der Waals surface area contributed by atoms with Gasteiger partial charge in [-0.2, -0.15) is 0 Å². The molecule has 0 nitrogen and oxygen atoms in total. The molecular weight excluding hydrogens is 144 g/mol. The van der Waals surface area contributed by atoms with Crippen LogP contribution in [-0.2, 0) is 0 Å². The van der Waals surface area contributed by atoms with E-state index in [1.165, 1.54) is 17.6 Å². The molecule has 0 radical (unpaired) electrons. The first-order valence-electron chi connectivity index (χ1n) is 4.85. The monoisotopic (exact) mass is 166 g/mol. The zero-order chi connectivity index (χ0) is 9.72. The second-order valence-corrected chi connectivity index (χ2v) is 4.01. The van der Waals surface area contributed by atoms with Gasteiger partial charge >= 0.3 is 0 Å². The molecule has 0 saturated heterocycles. The topological polar surface area (TPSA) is 0 Å². The van der Waals surface area contributed by atoms with Gasteiger partial charge in [0.25, 0.3) is 0 Å². The maximum atomic E-state index is 4.08. The first-order chi connectivity index (χ1) is 5.49. The van der Waals surface area contributed by atoms with E-state index in [4.69, 9.17) is 0 Å². The first-order valence-corrected chi connectivity index (χ1v) is 4.85. The van der Waals surface area contributed by atoms with Gasteiger partial charge in [-0.15, -0.1) is 0 Å². The van der Waals surface area contributed by atoms with E-state index in [1.807, 2.05) is 0 Å². The Hall–Kier alpha value is -0.520. The summed E-state index contributed by atoms with van der Waals surface area (Å²) in [5.41, 5.74) is 2.45. The van der Waals surface area contributed by atoms with Crippen LogP contribution in [0.3, 0.4) is 0 Å². The normalized spacial score (nSPS) is 13.1. The van der Waals surface area contributed by atoms with Crippen LogP contribution in [0.15, 0.2) is 24.3 Å². The van der Waals surface area contributed by atoms with Crippen LogP contribution in [0.5, 0.6) is 0 Å². The zero-order valence-electron chi connectivity index (χ0n) is 8.98. The predicted octanol–water partition coefficient (Wildman–Crippen LogP) is 4.19. The van der Waals surface area contributed by atoms with E-state index < -0.39 is 0 Å². The molecule has 0 aromatic rings. The Morgan fingerprint density at radius 3 is 2.00 bits per heavy atom. The van der Waals surface area contributed by atoms with E-state index in [9.17, 15) is 0 Å². The third kappa shape index (κ3) is 3.75. The molecule has 0 aliphatic rings. The highest BCUT2D eigenvalue weighted by molar-refractivity contribution is 5.26. The third-order valence-electron chi connectivity index (χ3n) is 2.30. The largest absolute Gasteiger partial charge is 0.0956 e. The van der Waals surface area contributed by atoms with Crippen molar-refractivity contribution in [1.82, 2.24) is 0 Å². The maximum Gasteiger partial charge on any atom is -0.0191 e. The van der Waals surface area contributed by atoms with Gasteiger partial charge in [-0.25, -0.2) is 0 Å². The minimum Gasteiger partial charge on any atom is -0.0956 e. The van der Waals surface area contributed by atoms with Crippen LogP contribution in [0, 0.1) is 11.8 Å². The van der Waals surface area contributed by atoms with Crippen molar-refractivity contribution < 1.29 is 0 Å². The maximum absolute atomic E-state index is 4.08. The van der Waals surface area contributed by atoms with Crippen LogP contribution in [0.4, 0.5) is 0 Å². The molecule has 0 amide bonds. The van der Waals surface area contributed by atoms with Gasteiger partial charge in [0, 0.05) is 0 Å². The van der Waals surface area contributed by atoms with Crippen LogP contribution >= 0.6 is 0 Å². The van der Waals surface area contributed by atoms with Gasteiger partial charge in [-0.05, 0) is 30.3 Å². The molecule has 1 unspecified atom stereocenters. The Morgan fingerprint density at radius 1 is 1.17 bits per heavy atom. The zero-order valence-corrected chi connectivity index (χ0v) is 8.98. The standard InChI is InChI=1S/C12H22/c1-7-10(4)12(6)11(5)8-9(2)3/h9,11H,4,6-8H2,1-3,5H3. The molecule has 0 rings (SSSR count). The van der Waals surface area contributed by atoms with Gasteiger partial charge in [-0.1, -0.05) is 46.4 Å². The summed E-state index contributed by atoms with van der Waals surface area (Å²) in [4.78, 5) is 0. The lowest BCUT2D eigenvalue weighted by Gasteiger charge is -2.17. The predicted molar refractivity (Wildman–Crippen MR) is 57.2 cm³/mol. The van der Waals surface area contributed by atoms with Crippen LogP contribution in [0.1, 0.15) is 40.5 Å². The van der Waals surface area contributed by atoms with E-state index in [-0.39, 0.29) is 0 Å². The second-order valence-electron chi connectivity index (χ2n) is 4.01. The quantitative estimate of drug-likeness (QED) is 0.537. The van der Waals surface area contributed by atoms with Crippen molar-refractivity contribution in [2.45, 2.75) is 40.5 Å². The van der Waals surface area contributed by atoms with Gasteiger partial charge in [-0.3, -0.25) is 0 Å². The molecule has 0 aromatic carbocycles. The summed E-state index contributed by atoms with van der Waals surface area (Å²) in [6.07, 6.45) is 2.25. The smallest absolute Gasteiger partial charge is 0.0191 e. The van der Waals surface area contributed by atoms with Crippen molar-refractivity contribution >= 4 is 0 Å². The number of allylic oxidation sites excluding steroid dienone is 2. The molecule has 0 heterocycles. The summed E-state index contributed by atoms with van der Waals surface area (Å²) in [6, 6.07) is 0. The number of rotatable bonds is 5. The summed E-state index contributed by atoms with van der Waals surface area (Å²) in [7, 11) is 0. The molecule has 0 aromatic heterocycles. The summed E-state index contributed by atoms with van der Waals surface area (Å²) in [6.45, 7) is 17.0. The Labute approximate surface area is 77.4 Å². The highest BCUT2D eigenvalue weighted by atomic mass is 14.1. The van der Waals surface area contributed by atoms with E-state index in [2.05, 4.69) is 40.9 Å². The molecule has 0 saturated carbocycles. The van der Waals surface area contributed by atoms with E-state index in [0.29, 0.717) is 5.92 Å². The second kappa shape index (κ2) is 5.18. The molecule has 0 spiro atoms. The van der Waals surface area contributed by atoms with Crippen molar-refractivity contribution in [2.24, 2.45) is 11.8 Å². The third-order valence-corrected chi connectivity index (χ3v) is 2.30. The summed E-state index contributed by atoms with van der Waals surface area (Å²) < 4.78 is 0. The highest BCUT2D eigenvalue weighted by Crippen LogP contribution is 2.24. The van der Waals surface area contributed by atoms with Gasteiger partial charge in [0.05, 0.1) is 0 Å². The molecule has 70 valence electrons. The molecule has 0 fully saturated rings. The fourth-order valence-electron chi connectivity index (χ4n) is 1.42. The summed E-state index contributed by atoms with van der Waals surface area (Å²) in [5, 5.41) is 0. The van der Waals surface area contributed by atoms with E-state index in [0.717, 1.165) is 12.3 Å². The lowest BCUT2D eigenvalue weighted by atomic mass is 9.88. The van der Waals surface area contributed by atoms with Crippen LogP contribution < -0.4 is 0 Å². The molecule has 12 heavy (non-hydrogen) atoms. The molecule has 0 heteroatoms. The van der Waals surface area contributed by atoms with Crippen molar-refractivity contribution in [1.29, 1.82) is 0 Å². The molecule has 0 N–H and O–H groups in total. The Kier molecular flexibility index (Phi) is 4.96. The minimum absolute atomic E-state index is 0.595. The highest BCUT2D eigenvalue weighted by Gasteiger charge is 2.09. The average Bonchev–Trinajstić information content (AvgIpc) is 2.00. The average molecular weight is 166 g/mol. The Balaban J connectivity index is 4.01. The SMILES string of the molecule is C=C(CC)C(=C)C(C)CC(C)C. The van der Waals surface area contributed by atoms with E-state index in [1.54, 1.807) is 0 Å². The lowest BCUT2D eigenvalue weighted by molar-refractivity contribution is 0.488. The molecule has 0 bridgehead atoms. The fraction of sp³-hybridized carbons (Fsp3) is 0.667. The fourth-order valence-corrected chi connectivity index (χ4v) is 1.42. The van der Waals surface area contributed by atoms with Gasteiger partial charge < -0.3 is 0 Å². The van der Waals surface area contributed by atoms with Crippen molar-refractivity contribution in [3.63, 3.8) is 0 Å².